The number of benzene rings is 2. The van der Waals surface area contributed by atoms with Gasteiger partial charge in [-0.3, -0.25) is 0 Å². The lowest BCUT2D eigenvalue weighted by Crippen LogP contribution is -2.22. The van der Waals surface area contributed by atoms with Gasteiger partial charge in [-0.1, -0.05) is 48.5 Å². The summed E-state index contributed by atoms with van der Waals surface area (Å²) in [4.78, 5) is 2.20. The predicted molar refractivity (Wildman–Crippen MR) is 80.5 cm³/mol. The Kier molecular flexibility index (Phi) is 4.58. The molecule has 0 heterocycles. The average molecular weight is 255 g/mol. The van der Waals surface area contributed by atoms with Gasteiger partial charge < -0.3 is 10.0 Å². The van der Waals surface area contributed by atoms with Crippen molar-refractivity contribution in [3.63, 3.8) is 0 Å². The van der Waals surface area contributed by atoms with Crippen molar-refractivity contribution in [2.75, 3.05) is 18.5 Å². The number of rotatable bonds is 5. The Hall–Kier alpha value is -1.80. The van der Waals surface area contributed by atoms with Crippen LogP contribution in [0.3, 0.4) is 0 Å². The standard InChI is InChI=1S/C17H21NO/c1-14(19)16-10-6-7-11-17(16)18(2)13-12-15-8-4-3-5-9-15/h3-11,14,19H,12-13H2,1-2H3/t14-/m0/s1. The van der Waals surface area contributed by atoms with Gasteiger partial charge in [0.15, 0.2) is 0 Å². The summed E-state index contributed by atoms with van der Waals surface area (Å²) < 4.78 is 0. The summed E-state index contributed by atoms with van der Waals surface area (Å²) >= 11 is 0. The molecular formula is C17H21NO. The van der Waals surface area contributed by atoms with Gasteiger partial charge in [-0.2, -0.15) is 0 Å². The number of aliphatic hydroxyl groups excluding tert-OH is 1. The first-order valence-corrected chi connectivity index (χ1v) is 6.70. The van der Waals surface area contributed by atoms with Crippen LogP contribution in [0, 0.1) is 0 Å². The fourth-order valence-corrected chi connectivity index (χ4v) is 2.25. The van der Waals surface area contributed by atoms with Crippen LogP contribution in [-0.4, -0.2) is 18.7 Å². The molecule has 0 aliphatic rings. The quantitative estimate of drug-likeness (QED) is 0.885. The lowest BCUT2D eigenvalue weighted by atomic mass is 10.1. The van der Waals surface area contributed by atoms with Crippen LogP contribution in [0.2, 0.25) is 0 Å². The number of aliphatic hydroxyl groups is 1. The van der Waals surface area contributed by atoms with Crippen LogP contribution in [0.1, 0.15) is 24.2 Å². The van der Waals surface area contributed by atoms with Gasteiger partial charge in [-0.15, -0.1) is 0 Å². The first-order valence-electron chi connectivity index (χ1n) is 6.70. The van der Waals surface area contributed by atoms with Gasteiger partial charge in [0.25, 0.3) is 0 Å². The number of hydrogen-bond acceptors (Lipinski definition) is 2. The average Bonchev–Trinajstić information content (AvgIpc) is 2.46. The molecule has 1 atom stereocenters. The summed E-state index contributed by atoms with van der Waals surface area (Å²) in [5.74, 6) is 0. The highest BCUT2D eigenvalue weighted by Crippen LogP contribution is 2.25. The van der Waals surface area contributed by atoms with E-state index in [1.807, 2.05) is 31.2 Å². The van der Waals surface area contributed by atoms with Crippen molar-refractivity contribution in [1.82, 2.24) is 0 Å². The Bertz CT molecular complexity index is 508. The Balaban J connectivity index is 2.06. The van der Waals surface area contributed by atoms with Crippen LogP contribution in [0.4, 0.5) is 5.69 Å². The molecule has 2 aromatic carbocycles. The van der Waals surface area contributed by atoms with Gasteiger partial charge in [0.05, 0.1) is 6.10 Å². The molecule has 0 amide bonds. The molecule has 0 fully saturated rings. The van der Waals surface area contributed by atoms with Crippen LogP contribution in [0.25, 0.3) is 0 Å². The minimum Gasteiger partial charge on any atom is -0.389 e. The van der Waals surface area contributed by atoms with E-state index in [0.717, 1.165) is 24.2 Å². The molecule has 2 rings (SSSR count). The van der Waals surface area contributed by atoms with Crippen molar-refractivity contribution >= 4 is 5.69 Å². The van der Waals surface area contributed by atoms with Crippen LogP contribution in [0.5, 0.6) is 0 Å². The smallest absolute Gasteiger partial charge is 0.0781 e. The normalized spacial score (nSPS) is 12.2. The fourth-order valence-electron chi connectivity index (χ4n) is 2.25. The van der Waals surface area contributed by atoms with Crippen molar-refractivity contribution in [3.8, 4) is 0 Å². The topological polar surface area (TPSA) is 23.5 Å². The van der Waals surface area contributed by atoms with Crippen molar-refractivity contribution in [2.45, 2.75) is 19.4 Å². The van der Waals surface area contributed by atoms with E-state index in [-0.39, 0.29) is 0 Å². The van der Waals surface area contributed by atoms with Gasteiger partial charge in [0, 0.05) is 24.8 Å². The SMILES string of the molecule is C[C@H](O)c1ccccc1N(C)CCc1ccccc1. The molecule has 0 radical (unpaired) electrons. The maximum Gasteiger partial charge on any atom is 0.0781 e. The summed E-state index contributed by atoms with van der Waals surface area (Å²) in [5.41, 5.74) is 3.43. The summed E-state index contributed by atoms with van der Waals surface area (Å²) in [6.45, 7) is 2.75. The van der Waals surface area contributed by atoms with Gasteiger partial charge >= 0.3 is 0 Å². The highest BCUT2D eigenvalue weighted by atomic mass is 16.3. The van der Waals surface area contributed by atoms with E-state index >= 15 is 0 Å². The molecule has 0 aliphatic heterocycles. The summed E-state index contributed by atoms with van der Waals surface area (Å²) in [6.07, 6.45) is 0.571. The third kappa shape index (κ3) is 3.58. The largest absolute Gasteiger partial charge is 0.389 e. The second kappa shape index (κ2) is 6.39. The van der Waals surface area contributed by atoms with E-state index in [4.69, 9.17) is 0 Å². The molecule has 0 aromatic heterocycles. The van der Waals surface area contributed by atoms with Crippen molar-refractivity contribution in [3.05, 3.63) is 65.7 Å². The van der Waals surface area contributed by atoms with E-state index in [2.05, 4.69) is 42.3 Å². The van der Waals surface area contributed by atoms with Crippen LogP contribution < -0.4 is 4.90 Å². The minimum absolute atomic E-state index is 0.435. The monoisotopic (exact) mass is 255 g/mol. The molecule has 1 N–H and O–H groups in total. The molecular weight excluding hydrogens is 234 g/mol. The van der Waals surface area contributed by atoms with E-state index < -0.39 is 6.10 Å². The van der Waals surface area contributed by atoms with Gasteiger partial charge in [-0.05, 0) is 25.0 Å². The third-order valence-corrected chi connectivity index (χ3v) is 3.38. The molecule has 2 nitrogen and oxygen atoms in total. The van der Waals surface area contributed by atoms with Crippen LogP contribution in [0.15, 0.2) is 54.6 Å². The Morgan fingerprint density at radius 2 is 1.63 bits per heavy atom. The van der Waals surface area contributed by atoms with Crippen molar-refractivity contribution in [2.24, 2.45) is 0 Å². The second-order valence-electron chi connectivity index (χ2n) is 4.89. The summed E-state index contributed by atoms with van der Waals surface area (Å²) in [5, 5.41) is 9.81. The van der Waals surface area contributed by atoms with E-state index in [1.54, 1.807) is 0 Å². The van der Waals surface area contributed by atoms with Crippen LogP contribution in [-0.2, 0) is 6.42 Å². The second-order valence-corrected chi connectivity index (χ2v) is 4.89. The Labute approximate surface area is 115 Å². The highest BCUT2D eigenvalue weighted by Gasteiger charge is 2.10. The lowest BCUT2D eigenvalue weighted by molar-refractivity contribution is 0.199. The Morgan fingerprint density at radius 3 is 2.32 bits per heavy atom. The number of hydrogen-bond donors (Lipinski definition) is 1. The first kappa shape index (κ1) is 13.6. The zero-order valence-corrected chi connectivity index (χ0v) is 11.6. The zero-order valence-electron chi connectivity index (χ0n) is 11.6. The number of anilines is 1. The van der Waals surface area contributed by atoms with Crippen molar-refractivity contribution < 1.29 is 5.11 Å². The Morgan fingerprint density at radius 1 is 1.00 bits per heavy atom. The van der Waals surface area contributed by atoms with E-state index in [0.29, 0.717) is 0 Å². The summed E-state index contributed by atoms with van der Waals surface area (Å²) in [7, 11) is 2.07. The molecule has 100 valence electrons. The van der Waals surface area contributed by atoms with E-state index in [1.165, 1.54) is 5.56 Å². The molecule has 0 unspecified atom stereocenters. The molecule has 0 bridgehead atoms. The molecule has 2 aromatic rings. The molecule has 0 aliphatic carbocycles. The number of nitrogens with zero attached hydrogens (tertiary/aromatic N) is 1. The number of likely N-dealkylation sites (N-methyl/N-ethyl adjacent to an activating group) is 1. The third-order valence-electron chi connectivity index (χ3n) is 3.38. The molecule has 0 saturated heterocycles. The van der Waals surface area contributed by atoms with E-state index in [9.17, 15) is 5.11 Å². The first-order chi connectivity index (χ1) is 9.18. The molecule has 2 heteroatoms. The minimum atomic E-state index is -0.435. The lowest BCUT2D eigenvalue weighted by Gasteiger charge is -2.23. The maximum absolute atomic E-state index is 9.81. The molecule has 19 heavy (non-hydrogen) atoms. The zero-order chi connectivity index (χ0) is 13.7. The van der Waals surface area contributed by atoms with Gasteiger partial charge in [0.2, 0.25) is 0 Å². The van der Waals surface area contributed by atoms with Gasteiger partial charge in [-0.25, -0.2) is 0 Å². The molecule has 0 spiro atoms. The van der Waals surface area contributed by atoms with Gasteiger partial charge in [0.1, 0.15) is 0 Å². The highest BCUT2D eigenvalue weighted by molar-refractivity contribution is 5.54. The fraction of sp³-hybridized carbons (Fsp3) is 0.294. The van der Waals surface area contributed by atoms with Crippen LogP contribution >= 0.6 is 0 Å². The predicted octanol–water partition coefficient (Wildman–Crippen LogP) is 3.42. The maximum atomic E-state index is 9.81. The summed E-state index contributed by atoms with van der Waals surface area (Å²) in [6, 6.07) is 18.5. The molecule has 0 saturated carbocycles. The number of para-hydroxylation sites is 1. The van der Waals surface area contributed by atoms with Crippen molar-refractivity contribution in [1.29, 1.82) is 0 Å².